The number of anilines is 2. The van der Waals surface area contributed by atoms with Crippen LogP contribution < -0.4 is 10.6 Å². The van der Waals surface area contributed by atoms with Crippen molar-refractivity contribution in [1.29, 1.82) is 0 Å². The lowest BCUT2D eigenvalue weighted by Crippen LogP contribution is -2.11. The topological polar surface area (TPSA) is 76.1 Å². The summed E-state index contributed by atoms with van der Waals surface area (Å²) in [5, 5.41) is 6.34. The molecule has 92 valence electrons. The maximum absolute atomic E-state index is 10.9. The Hall–Kier alpha value is -1.85. The first-order chi connectivity index (χ1) is 8.28. The van der Waals surface area contributed by atoms with E-state index in [1.54, 1.807) is 0 Å². The fourth-order valence-electron chi connectivity index (χ4n) is 1.36. The third-order valence-corrected chi connectivity index (χ3v) is 2.46. The second kappa shape index (κ2) is 5.47. The zero-order valence-electron chi connectivity index (χ0n) is 9.77. The molecule has 1 heterocycles. The molecule has 1 aliphatic rings. The van der Waals surface area contributed by atoms with Gasteiger partial charge in [-0.25, -0.2) is 9.97 Å². The number of esters is 1. The van der Waals surface area contributed by atoms with Crippen LogP contribution in [0.25, 0.3) is 0 Å². The largest absolute Gasteiger partial charge is 0.469 e. The van der Waals surface area contributed by atoms with Gasteiger partial charge in [0.25, 0.3) is 0 Å². The fraction of sp³-hybridized carbons (Fsp3) is 0.545. The monoisotopic (exact) mass is 236 g/mol. The Labute approximate surface area is 99.8 Å². The molecule has 1 fully saturated rings. The number of methoxy groups -OCH3 is 1. The fourth-order valence-corrected chi connectivity index (χ4v) is 1.36. The molecule has 6 heteroatoms. The van der Waals surface area contributed by atoms with Gasteiger partial charge in [0.2, 0.25) is 0 Å². The zero-order chi connectivity index (χ0) is 12.1. The lowest BCUT2D eigenvalue weighted by atomic mass is 10.4. The summed E-state index contributed by atoms with van der Waals surface area (Å²) in [5.41, 5.74) is 0. The van der Waals surface area contributed by atoms with Crippen LogP contribution in [-0.4, -0.2) is 35.6 Å². The molecule has 1 saturated carbocycles. The van der Waals surface area contributed by atoms with E-state index in [9.17, 15) is 4.79 Å². The second-order valence-electron chi connectivity index (χ2n) is 3.96. The Morgan fingerprint density at radius 2 is 2.24 bits per heavy atom. The minimum Gasteiger partial charge on any atom is -0.469 e. The molecule has 0 unspecified atom stereocenters. The summed E-state index contributed by atoms with van der Waals surface area (Å²) in [6, 6.07) is 2.41. The Kier molecular flexibility index (Phi) is 3.74. The molecule has 17 heavy (non-hydrogen) atoms. The van der Waals surface area contributed by atoms with E-state index in [1.165, 1.54) is 26.3 Å². The van der Waals surface area contributed by atoms with Gasteiger partial charge in [0.05, 0.1) is 13.5 Å². The van der Waals surface area contributed by atoms with Gasteiger partial charge in [-0.3, -0.25) is 4.79 Å². The molecule has 0 aliphatic heterocycles. The van der Waals surface area contributed by atoms with E-state index in [2.05, 4.69) is 25.3 Å². The van der Waals surface area contributed by atoms with Gasteiger partial charge in [-0.15, -0.1) is 0 Å². The van der Waals surface area contributed by atoms with Crippen LogP contribution in [0.4, 0.5) is 11.6 Å². The lowest BCUT2D eigenvalue weighted by molar-refractivity contribution is -0.140. The van der Waals surface area contributed by atoms with Crippen molar-refractivity contribution in [3.8, 4) is 0 Å². The molecule has 0 atom stereocenters. The van der Waals surface area contributed by atoms with E-state index in [-0.39, 0.29) is 5.97 Å². The SMILES string of the molecule is COC(=O)CCNc1cc(NC2CC2)ncn1. The number of hydrogen-bond donors (Lipinski definition) is 2. The van der Waals surface area contributed by atoms with Gasteiger partial charge in [-0.05, 0) is 12.8 Å². The molecular weight excluding hydrogens is 220 g/mol. The molecule has 0 saturated heterocycles. The Balaban J connectivity index is 1.80. The molecule has 2 N–H and O–H groups in total. The van der Waals surface area contributed by atoms with E-state index < -0.39 is 0 Å². The van der Waals surface area contributed by atoms with E-state index in [0.717, 1.165) is 5.82 Å². The molecule has 0 radical (unpaired) electrons. The summed E-state index contributed by atoms with van der Waals surface area (Å²) in [6.07, 6.45) is 4.24. The highest BCUT2D eigenvalue weighted by atomic mass is 16.5. The molecule has 0 bridgehead atoms. The number of carbonyl (C=O) groups excluding carboxylic acids is 1. The van der Waals surface area contributed by atoms with E-state index in [1.807, 2.05) is 6.07 Å². The summed E-state index contributed by atoms with van der Waals surface area (Å²) >= 11 is 0. The first-order valence-corrected chi connectivity index (χ1v) is 5.67. The van der Waals surface area contributed by atoms with Gasteiger partial charge in [0.15, 0.2) is 0 Å². The van der Waals surface area contributed by atoms with Gasteiger partial charge in [0.1, 0.15) is 18.0 Å². The predicted molar refractivity (Wildman–Crippen MR) is 63.8 cm³/mol. The highest BCUT2D eigenvalue weighted by Crippen LogP contribution is 2.23. The number of aromatic nitrogens is 2. The van der Waals surface area contributed by atoms with Gasteiger partial charge >= 0.3 is 5.97 Å². The molecule has 1 aliphatic carbocycles. The molecule has 0 aromatic carbocycles. The average Bonchev–Trinajstić information content (AvgIpc) is 3.13. The van der Waals surface area contributed by atoms with E-state index in [4.69, 9.17) is 0 Å². The molecule has 1 aromatic heterocycles. The third kappa shape index (κ3) is 3.90. The number of nitrogens with one attached hydrogen (secondary N) is 2. The van der Waals surface area contributed by atoms with Gasteiger partial charge in [-0.2, -0.15) is 0 Å². The van der Waals surface area contributed by atoms with Crippen molar-refractivity contribution in [2.75, 3.05) is 24.3 Å². The number of carbonyl (C=O) groups is 1. The highest BCUT2D eigenvalue weighted by molar-refractivity contribution is 5.69. The first kappa shape index (κ1) is 11.6. The van der Waals surface area contributed by atoms with Crippen LogP contribution in [0.15, 0.2) is 12.4 Å². The van der Waals surface area contributed by atoms with Gasteiger partial charge in [0, 0.05) is 18.7 Å². The smallest absolute Gasteiger partial charge is 0.307 e. The predicted octanol–water partition coefficient (Wildman–Crippen LogP) is 1.03. The van der Waals surface area contributed by atoms with Crippen LogP contribution in [-0.2, 0) is 9.53 Å². The number of nitrogens with zero attached hydrogens (tertiary/aromatic N) is 2. The highest BCUT2D eigenvalue weighted by Gasteiger charge is 2.21. The quantitative estimate of drug-likeness (QED) is 0.718. The molecule has 2 rings (SSSR count). The van der Waals surface area contributed by atoms with E-state index >= 15 is 0 Å². The summed E-state index contributed by atoms with van der Waals surface area (Å²) in [5.74, 6) is 1.30. The Morgan fingerprint density at radius 3 is 2.94 bits per heavy atom. The van der Waals surface area contributed by atoms with Crippen molar-refractivity contribution in [2.45, 2.75) is 25.3 Å². The lowest BCUT2D eigenvalue weighted by Gasteiger charge is -2.07. The summed E-state index contributed by atoms with van der Waals surface area (Å²) in [7, 11) is 1.38. The molecule has 0 spiro atoms. The average molecular weight is 236 g/mol. The normalized spacial score (nSPS) is 14.2. The third-order valence-electron chi connectivity index (χ3n) is 2.46. The van der Waals surface area contributed by atoms with Crippen molar-refractivity contribution >= 4 is 17.6 Å². The van der Waals surface area contributed by atoms with Crippen molar-refractivity contribution in [3.63, 3.8) is 0 Å². The second-order valence-corrected chi connectivity index (χ2v) is 3.96. The Bertz CT molecular complexity index is 393. The maximum Gasteiger partial charge on any atom is 0.307 e. The molecule has 6 nitrogen and oxygen atoms in total. The Morgan fingerprint density at radius 1 is 1.47 bits per heavy atom. The van der Waals surface area contributed by atoms with Crippen molar-refractivity contribution in [2.24, 2.45) is 0 Å². The van der Waals surface area contributed by atoms with Crippen LogP contribution in [0.3, 0.4) is 0 Å². The first-order valence-electron chi connectivity index (χ1n) is 5.67. The number of rotatable bonds is 6. The number of hydrogen-bond acceptors (Lipinski definition) is 6. The molecular formula is C11H16N4O2. The van der Waals surface area contributed by atoms with Crippen molar-refractivity contribution < 1.29 is 9.53 Å². The van der Waals surface area contributed by atoms with E-state index in [0.29, 0.717) is 24.8 Å². The summed E-state index contributed by atoms with van der Waals surface area (Å²) in [4.78, 5) is 19.1. The van der Waals surface area contributed by atoms with Crippen LogP contribution in [0.1, 0.15) is 19.3 Å². The van der Waals surface area contributed by atoms with Crippen molar-refractivity contribution in [1.82, 2.24) is 9.97 Å². The van der Waals surface area contributed by atoms with Gasteiger partial charge < -0.3 is 15.4 Å². The molecule has 0 amide bonds. The zero-order valence-corrected chi connectivity index (χ0v) is 9.77. The number of ether oxygens (including phenoxy) is 1. The van der Waals surface area contributed by atoms with Crippen LogP contribution in [0, 0.1) is 0 Å². The van der Waals surface area contributed by atoms with Crippen LogP contribution in [0.2, 0.25) is 0 Å². The minimum atomic E-state index is -0.233. The van der Waals surface area contributed by atoms with Gasteiger partial charge in [-0.1, -0.05) is 0 Å². The van der Waals surface area contributed by atoms with Crippen molar-refractivity contribution in [3.05, 3.63) is 12.4 Å². The van der Waals surface area contributed by atoms with Crippen LogP contribution in [0.5, 0.6) is 0 Å². The standard InChI is InChI=1S/C11H16N4O2/c1-17-11(16)4-5-12-9-6-10(14-7-13-9)15-8-2-3-8/h6-8H,2-5H2,1H3,(H2,12,13,14,15). The minimum absolute atomic E-state index is 0.233. The van der Waals surface area contributed by atoms with Crippen LogP contribution >= 0.6 is 0 Å². The maximum atomic E-state index is 10.9. The summed E-state index contributed by atoms with van der Waals surface area (Å²) in [6.45, 7) is 0.507. The summed E-state index contributed by atoms with van der Waals surface area (Å²) < 4.78 is 4.55. The molecule has 1 aromatic rings.